The predicted octanol–water partition coefficient (Wildman–Crippen LogP) is 4.33. The van der Waals surface area contributed by atoms with Crippen LogP contribution in [0.5, 0.6) is 0 Å². The molecule has 6 nitrogen and oxygen atoms in total. The van der Waals surface area contributed by atoms with Gasteiger partial charge in [-0.1, -0.05) is 65.1 Å². The number of benzene rings is 1. The lowest BCUT2D eigenvalue weighted by Crippen LogP contribution is -2.19. The van der Waals surface area contributed by atoms with E-state index in [1.165, 1.54) is 10.6 Å². The molecule has 0 aliphatic rings. The maximum absolute atomic E-state index is 12.1. The predicted molar refractivity (Wildman–Crippen MR) is 99.0 cm³/mol. The molecule has 0 atom stereocenters. The molecule has 11 heteroatoms. The molecule has 2 aromatic rings. The van der Waals surface area contributed by atoms with Crippen molar-refractivity contribution in [2.75, 3.05) is 11.1 Å². The summed E-state index contributed by atoms with van der Waals surface area (Å²) in [6.07, 6.45) is 0.769. The van der Waals surface area contributed by atoms with Gasteiger partial charge < -0.3 is 5.32 Å². The number of hydrogen-bond acceptors (Lipinski definition) is 4. The third-order valence-corrected chi connectivity index (χ3v) is 5.43. The van der Waals surface area contributed by atoms with Crippen LogP contribution in [0.1, 0.15) is 13.3 Å². The molecule has 0 unspecified atom stereocenters. The van der Waals surface area contributed by atoms with Gasteiger partial charge in [-0.05, 0) is 12.5 Å². The van der Waals surface area contributed by atoms with Gasteiger partial charge in [0.25, 0.3) is 0 Å². The van der Waals surface area contributed by atoms with Gasteiger partial charge in [-0.3, -0.25) is 9.36 Å². The second-order valence-corrected chi connectivity index (χ2v) is 7.16. The Kier molecular flexibility index (Phi) is 6.88. The fourth-order valence-electron chi connectivity index (χ4n) is 1.82. The second-order valence-electron chi connectivity index (χ2n) is 4.64. The number of nitrogens with one attached hydrogen (secondary N) is 2. The van der Waals surface area contributed by atoms with Crippen molar-refractivity contribution in [2.24, 2.45) is 0 Å². The molecule has 0 saturated carbocycles. The molecule has 0 spiro atoms. The number of thioether (sulfide) groups is 1. The highest BCUT2D eigenvalue weighted by molar-refractivity contribution is 7.99. The number of halogens is 4. The molecule has 2 N–H and O–H groups in total. The summed E-state index contributed by atoms with van der Waals surface area (Å²) >= 11 is 25.0. The topological polar surface area (TPSA) is 79.8 Å². The molecule has 0 bridgehead atoms. The monoisotopic (exact) mass is 428 g/mol. The SMILES string of the molecule is CCCn1c(SCC(=O)Nc2c(Cl)c(Cl)cc(Cl)c2Cl)n[nH]c1=O. The van der Waals surface area contributed by atoms with Crippen molar-refractivity contribution < 1.29 is 4.79 Å². The van der Waals surface area contributed by atoms with Crippen molar-refractivity contribution in [3.8, 4) is 0 Å². The molecule has 0 saturated heterocycles. The van der Waals surface area contributed by atoms with Crippen molar-refractivity contribution in [1.29, 1.82) is 0 Å². The third-order valence-electron chi connectivity index (χ3n) is 2.88. The van der Waals surface area contributed by atoms with Gasteiger partial charge in [0.05, 0.1) is 31.5 Å². The van der Waals surface area contributed by atoms with Crippen LogP contribution in [0.2, 0.25) is 20.1 Å². The summed E-state index contributed by atoms with van der Waals surface area (Å²) in [6, 6.07) is 1.39. The summed E-state index contributed by atoms with van der Waals surface area (Å²) in [4.78, 5) is 23.7. The van der Waals surface area contributed by atoms with E-state index in [0.29, 0.717) is 11.7 Å². The van der Waals surface area contributed by atoms with E-state index in [-0.39, 0.29) is 43.1 Å². The van der Waals surface area contributed by atoms with Crippen LogP contribution in [-0.4, -0.2) is 26.4 Å². The Morgan fingerprint density at radius 1 is 1.29 bits per heavy atom. The summed E-state index contributed by atoms with van der Waals surface area (Å²) in [7, 11) is 0. The van der Waals surface area contributed by atoms with Crippen molar-refractivity contribution in [1.82, 2.24) is 14.8 Å². The van der Waals surface area contributed by atoms with Gasteiger partial charge in [0.1, 0.15) is 0 Å². The van der Waals surface area contributed by atoms with Gasteiger partial charge in [-0.2, -0.15) is 0 Å². The normalized spacial score (nSPS) is 10.9. The van der Waals surface area contributed by atoms with Gasteiger partial charge >= 0.3 is 5.69 Å². The number of H-pyrrole nitrogens is 1. The molecule has 1 aromatic carbocycles. The number of hydrogen-bond donors (Lipinski definition) is 2. The fraction of sp³-hybridized carbons (Fsp3) is 0.308. The van der Waals surface area contributed by atoms with Crippen LogP contribution in [-0.2, 0) is 11.3 Å². The number of amides is 1. The number of nitrogens with zero attached hydrogens (tertiary/aromatic N) is 2. The lowest BCUT2D eigenvalue weighted by atomic mass is 10.3. The molecule has 24 heavy (non-hydrogen) atoms. The summed E-state index contributed by atoms with van der Waals surface area (Å²) in [6.45, 7) is 2.45. The van der Waals surface area contributed by atoms with E-state index in [0.717, 1.165) is 18.2 Å². The van der Waals surface area contributed by atoms with Gasteiger partial charge in [0, 0.05) is 6.54 Å². The van der Waals surface area contributed by atoms with Crippen molar-refractivity contribution in [3.63, 3.8) is 0 Å². The largest absolute Gasteiger partial charge is 0.343 e. The van der Waals surface area contributed by atoms with Gasteiger partial charge in [-0.15, -0.1) is 5.10 Å². The Balaban J connectivity index is 2.09. The minimum absolute atomic E-state index is 0.00476. The number of aromatic amines is 1. The van der Waals surface area contributed by atoms with E-state index in [4.69, 9.17) is 46.4 Å². The third kappa shape index (κ3) is 4.40. The standard InChI is InChI=1S/C13H12Cl4N4O2S/c1-2-3-21-12(23)19-20-13(21)24-5-8(22)18-11-9(16)6(14)4-7(15)10(11)17/h4H,2-3,5H2,1H3,(H,18,22)(H,19,23). The molecular weight excluding hydrogens is 418 g/mol. The summed E-state index contributed by atoms with van der Waals surface area (Å²) in [5, 5.41) is 9.81. The smallest absolute Gasteiger partial charge is 0.323 e. The molecular formula is C13H12Cl4N4O2S. The number of rotatable bonds is 6. The minimum atomic E-state index is -0.388. The van der Waals surface area contributed by atoms with Crippen molar-refractivity contribution in [3.05, 3.63) is 36.6 Å². The first-order valence-corrected chi connectivity index (χ1v) is 9.25. The van der Waals surface area contributed by atoms with Gasteiger partial charge in [0.15, 0.2) is 5.16 Å². The van der Waals surface area contributed by atoms with E-state index in [9.17, 15) is 9.59 Å². The molecule has 0 radical (unpaired) electrons. The first-order chi connectivity index (χ1) is 11.3. The fourth-order valence-corrected chi connectivity index (χ4v) is 3.50. The van der Waals surface area contributed by atoms with Crippen molar-refractivity contribution in [2.45, 2.75) is 25.0 Å². The molecule has 1 heterocycles. The molecule has 1 amide bonds. The van der Waals surface area contributed by atoms with Gasteiger partial charge in [-0.25, -0.2) is 9.89 Å². The van der Waals surface area contributed by atoms with Crippen LogP contribution in [0.15, 0.2) is 16.0 Å². The Hall–Kier alpha value is -0.860. The quantitative estimate of drug-likeness (QED) is 0.529. The highest BCUT2D eigenvalue weighted by atomic mass is 35.5. The zero-order chi connectivity index (χ0) is 17.9. The lowest BCUT2D eigenvalue weighted by molar-refractivity contribution is -0.113. The summed E-state index contributed by atoms with van der Waals surface area (Å²) < 4.78 is 1.47. The highest BCUT2D eigenvalue weighted by Crippen LogP contribution is 2.41. The van der Waals surface area contributed by atoms with Crippen LogP contribution >= 0.6 is 58.2 Å². The maximum Gasteiger partial charge on any atom is 0.343 e. The highest BCUT2D eigenvalue weighted by Gasteiger charge is 2.17. The number of aromatic nitrogens is 3. The molecule has 0 fully saturated rings. The van der Waals surface area contributed by atoms with Crippen LogP contribution < -0.4 is 11.0 Å². The van der Waals surface area contributed by atoms with E-state index in [2.05, 4.69) is 15.5 Å². The summed E-state index contributed by atoms with van der Waals surface area (Å²) in [5.74, 6) is -0.384. The molecule has 2 rings (SSSR count). The van der Waals surface area contributed by atoms with Crippen LogP contribution in [0.3, 0.4) is 0 Å². The zero-order valence-corrected chi connectivity index (χ0v) is 16.2. The first-order valence-electron chi connectivity index (χ1n) is 6.76. The van der Waals surface area contributed by atoms with Gasteiger partial charge in [0.2, 0.25) is 5.91 Å². The molecule has 0 aliphatic heterocycles. The van der Waals surface area contributed by atoms with E-state index < -0.39 is 0 Å². The Bertz CT molecular complexity index is 795. The Morgan fingerprint density at radius 2 is 1.92 bits per heavy atom. The average Bonchev–Trinajstić information content (AvgIpc) is 2.88. The molecule has 130 valence electrons. The number of carbonyl (C=O) groups is 1. The Labute approximate surface area is 161 Å². The van der Waals surface area contributed by atoms with Crippen LogP contribution in [0.4, 0.5) is 5.69 Å². The van der Waals surface area contributed by atoms with E-state index in [1.807, 2.05) is 6.92 Å². The number of carbonyl (C=O) groups excluding carboxylic acids is 1. The average molecular weight is 430 g/mol. The van der Waals surface area contributed by atoms with Crippen molar-refractivity contribution >= 4 is 69.8 Å². The zero-order valence-electron chi connectivity index (χ0n) is 12.3. The minimum Gasteiger partial charge on any atom is -0.323 e. The van der Waals surface area contributed by atoms with Crippen LogP contribution in [0, 0.1) is 0 Å². The molecule has 0 aliphatic carbocycles. The second kappa shape index (κ2) is 8.49. The lowest BCUT2D eigenvalue weighted by Gasteiger charge is -2.11. The van der Waals surface area contributed by atoms with Crippen LogP contribution in [0.25, 0.3) is 0 Å². The Morgan fingerprint density at radius 3 is 2.50 bits per heavy atom. The first kappa shape index (κ1) is 19.5. The number of anilines is 1. The maximum atomic E-state index is 12.1. The van der Waals surface area contributed by atoms with E-state index in [1.54, 1.807) is 0 Å². The molecule has 1 aromatic heterocycles. The van der Waals surface area contributed by atoms with E-state index >= 15 is 0 Å². The summed E-state index contributed by atoms with van der Waals surface area (Å²) in [5.41, 5.74) is -0.165.